The molecule has 19 heavy (non-hydrogen) atoms. The van der Waals surface area contributed by atoms with Crippen molar-refractivity contribution in [3.8, 4) is 0 Å². The van der Waals surface area contributed by atoms with Crippen molar-refractivity contribution in [2.75, 3.05) is 0 Å². The van der Waals surface area contributed by atoms with E-state index in [2.05, 4.69) is 15.9 Å². The van der Waals surface area contributed by atoms with Crippen LogP contribution in [0.2, 0.25) is 5.02 Å². The molecule has 1 atom stereocenters. The molecule has 0 amide bonds. The third-order valence-electron chi connectivity index (χ3n) is 2.73. The van der Waals surface area contributed by atoms with Crippen molar-refractivity contribution in [2.45, 2.75) is 12.5 Å². The van der Waals surface area contributed by atoms with Gasteiger partial charge < -0.3 is 5.11 Å². The van der Waals surface area contributed by atoms with Crippen LogP contribution in [-0.2, 0) is 6.42 Å². The van der Waals surface area contributed by atoms with Crippen LogP contribution < -0.4 is 0 Å². The fourth-order valence-corrected chi connectivity index (χ4v) is 2.27. The SMILES string of the molecule is OC(Cc1ccc(Cl)c(F)c1)c1cc(Br)ccc1F. The molecule has 1 nitrogen and oxygen atoms in total. The lowest BCUT2D eigenvalue weighted by atomic mass is 10.0. The number of benzene rings is 2. The maximum atomic E-state index is 13.6. The van der Waals surface area contributed by atoms with E-state index in [4.69, 9.17) is 11.6 Å². The number of rotatable bonds is 3. The first-order valence-corrected chi connectivity index (χ1v) is 6.71. The average Bonchev–Trinajstić information content (AvgIpc) is 2.36. The lowest BCUT2D eigenvalue weighted by Gasteiger charge is -2.13. The Morgan fingerprint density at radius 1 is 1.11 bits per heavy atom. The van der Waals surface area contributed by atoms with Gasteiger partial charge in [-0.2, -0.15) is 0 Å². The van der Waals surface area contributed by atoms with Crippen molar-refractivity contribution >= 4 is 27.5 Å². The number of halogens is 4. The minimum absolute atomic E-state index is 0.0203. The standard InChI is InChI=1S/C14H10BrClF2O/c15-9-2-4-12(17)10(7-9)14(19)6-8-1-3-11(16)13(18)5-8/h1-5,7,14,19H,6H2. The highest BCUT2D eigenvalue weighted by molar-refractivity contribution is 9.10. The highest BCUT2D eigenvalue weighted by Crippen LogP contribution is 2.25. The van der Waals surface area contributed by atoms with Crippen molar-refractivity contribution < 1.29 is 13.9 Å². The lowest BCUT2D eigenvalue weighted by molar-refractivity contribution is 0.173. The summed E-state index contributed by atoms with van der Waals surface area (Å²) in [6.45, 7) is 0. The van der Waals surface area contributed by atoms with Crippen molar-refractivity contribution in [1.82, 2.24) is 0 Å². The molecular formula is C14H10BrClF2O. The van der Waals surface area contributed by atoms with Crippen LogP contribution in [0.25, 0.3) is 0 Å². The van der Waals surface area contributed by atoms with Gasteiger partial charge in [0.1, 0.15) is 11.6 Å². The van der Waals surface area contributed by atoms with Crippen LogP contribution in [0.5, 0.6) is 0 Å². The van der Waals surface area contributed by atoms with E-state index in [1.165, 1.54) is 24.3 Å². The van der Waals surface area contributed by atoms with Gasteiger partial charge in [0.2, 0.25) is 0 Å². The number of aliphatic hydroxyl groups is 1. The molecular weight excluding hydrogens is 338 g/mol. The fourth-order valence-electron chi connectivity index (χ4n) is 1.77. The monoisotopic (exact) mass is 346 g/mol. The summed E-state index contributed by atoms with van der Waals surface area (Å²) in [5.41, 5.74) is 0.721. The molecule has 0 aromatic heterocycles. The Hall–Kier alpha value is -0.970. The van der Waals surface area contributed by atoms with E-state index in [1.54, 1.807) is 12.1 Å². The number of hydrogen-bond donors (Lipinski definition) is 1. The van der Waals surface area contributed by atoms with Crippen molar-refractivity contribution in [1.29, 1.82) is 0 Å². The zero-order chi connectivity index (χ0) is 14.0. The molecule has 0 aliphatic rings. The first kappa shape index (κ1) is 14.4. The second kappa shape index (κ2) is 5.99. The maximum Gasteiger partial charge on any atom is 0.142 e. The molecule has 2 aromatic carbocycles. The molecule has 0 fully saturated rings. The van der Waals surface area contributed by atoms with Gasteiger partial charge >= 0.3 is 0 Å². The van der Waals surface area contributed by atoms with E-state index in [1.807, 2.05) is 0 Å². The van der Waals surface area contributed by atoms with Crippen molar-refractivity contribution in [2.24, 2.45) is 0 Å². The molecule has 5 heteroatoms. The van der Waals surface area contributed by atoms with Gasteiger partial charge in [0.05, 0.1) is 11.1 Å². The molecule has 100 valence electrons. The molecule has 0 spiro atoms. The third-order valence-corrected chi connectivity index (χ3v) is 3.53. The summed E-state index contributed by atoms with van der Waals surface area (Å²) in [6.07, 6.45) is -0.931. The molecule has 0 radical (unpaired) electrons. The van der Waals surface area contributed by atoms with Crippen LogP contribution >= 0.6 is 27.5 Å². The zero-order valence-electron chi connectivity index (χ0n) is 9.71. The summed E-state index contributed by atoms with van der Waals surface area (Å²) in [5.74, 6) is -1.05. The quantitative estimate of drug-likeness (QED) is 0.856. The normalized spacial score (nSPS) is 12.5. The molecule has 0 heterocycles. The van der Waals surface area contributed by atoms with Gasteiger partial charge in [-0.25, -0.2) is 8.78 Å². The second-order valence-electron chi connectivity index (χ2n) is 4.13. The Bertz CT molecular complexity index is 604. The molecule has 0 saturated heterocycles. The van der Waals surface area contributed by atoms with Gasteiger partial charge in [-0.15, -0.1) is 0 Å². The maximum absolute atomic E-state index is 13.6. The van der Waals surface area contributed by atoms with E-state index >= 15 is 0 Å². The Morgan fingerprint density at radius 2 is 1.84 bits per heavy atom. The van der Waals surface area contributed by atoms with E-state index < -0.39 is 17.7 Å². The van der Waals surface area contributed by atoms with E-state index in [0.717, 1.165) is 0 Å². The van der Waals surface area contributed by atoms with Crippen LogP contribution in [0.4, 0.5) is 8.78 Å². The van der Waals surface area contributed by atoms with Gasteiger partial charge in [0.25, 0.3) is 0 Å². The highest BCUT2D eigenvalue weighted by atomic mass is 79.9. The van der Waals surface area contributed by atoms with Gasteiger partial charge in [-0.1, -0.05) is 33.6 Å². The van der Waals surface area contributed by atoms with Crippen LogP contribution in [0.3, 0.4) is 0 Å². The Morgan fingerprint density at radius 3 is 2.53 bits per heavy atom. The van der Waals surface area contributed by atoms with Gasteiger partial charge in [-0.05, 0) is 35.9 Å². The topological polar surface area (TPSA) is 20.2 Å². The fraction of sp³-hybridized carbons (Fsp3) is 0.143. The molecule has 1 unspecified atom stereocenters. The molecule has 0 aliphatic heterocycles. The number of hydrogen-bond acceptors (Lipinski definition) is 1. The molecule has 0 bridgehead atoms. The number of aliphatic hydroxyl groups excluding tert-OH is 1. The molecule has 0 saturated carbocycles. The predicted molar refractivity (Wildman–Crippen MR) is 74.2 cm³/mol. The third kappa shape index (κ3) is 3.53. The summed E-state index contributed by atoms with van der Waals surface area (Å²) in [6, 6.07) is 8.58. The molecule has 0 aliphatic carbocycles. The summed E-state index contributed by atoms with van der Waals surface area (Å²) < 4.78 is 27.5. The molecule has 2 aromatic rings. The molecule has 1 N–H and O–H groups in total. The Kier molecular flexibility index (Phi) is 4.55. The van der Waals surface area contributed by atoms with Gasteiger partial charge in [0, 0.05) is 16.5 Å². The first-order valence-electron chi connectivity index (χ1n) is 5.54. The van der Waals surface area contributed by atoms with Crippen LogP contribution in [0, 0.1) is 11.6 Å². The second-order valence-corrected chi connectivity index (χ2v) is 5.46. The largest absolute Gasteiger partial charge is 0.388 e. The Balaban J connectivity index is 2.22. The summed E-state index contributed by atoms with van der Waals surface area (Å²) in [4.78, 5) is 0. The van der Waals surface area contributed by atoms with Crippen LogP contribution in [0.1, 0.15) is 17.2 Å². The molecule has 2 rings (SSSR count). The van der Waals surface area contributed by atoms with Crippen molar-refractivity contribution in [3.05, 3.63) is 68.7 Å². The van der Waals surface area contributed by atoms with Crippen LogP contribution in [0.15, 0.2) is 40.9 Å². The van der Waals surface area contributed by atoms with E-state index in [9.17, 15) is 13.9 Å². The lowest BCUT2D eigenvalue weighted by Crippen LogP contribution is -2.04. The summed E-state index contributed by atoms with van der Waals surface area (Å²) in [7, 11) is 0. The minimum atomic E-state index is -1.04. The Labute approximate surface area is 123 Å². The smallest absolute Gasteiger partial charge is 0.142 e. The predicted octanol–water partition coefficient (Wildman–Crippen LogP) is 4.66. The highest BCUT2D eigenvalue weighted by Gasteiger charge is 2.14. The van der Waals surface area contributed by atoms with Gasteiger partial charge in [-0.3, -0.25) is 0 Å². The van der Waals surface area contributed by atoms with E-state index in [0.29, 0.717) is 10.0 Å². The zero-order valence-corrected chi connectivity index (χ0v) is 12.0. The first-order chi connectivity index (χ1) is 8.97. The van der Waals surface area contributed by atoms with Gasteiger partial charge in [0.15, 0.2) is 0 Å². The summed E-state index contributed by atoms with van der Waals surface area (Å²) >= 11 is 8.79. The van der Waals surface area contributed by atoms with Crippen molar-refractivity contribution in [3.63, 3.8) is 0 Å². The minimum Gasteiger partial charge on any atom is -0.388 e. The average molecular weight is 348 g/mol. The van der Waals surface area contributed by atoms with E-state index in [-0.39, 0.29) is 17.0 Å². The summed E-state index contributed by atoms with van der Waals surface area (Å²) in [5, 5.41) is 10.0. The van der Waals surface area contributed by atoms with Crippen LogP contribution in [-0.4, -0.2) is 5.11 Å².